The molecule has 0 radical (unpaired) electrons. The lowest BCUT2D eigenvalue weighted by Gasteiger charge is -2.33. The summed E-state index contributed by atoms with van der Waals surface area (Å²) in [6.07, 6.45) is 4.66. The van der Waals surface area contributed by atoms with Crippen molar-refractivity contribution in [2.45, 2.75) is 40.0 Å². The van der Waals surface area contributed by atoms with Crippen LogP contribution < -0.4 is 14.8 Å². The van der Waals surface area contributed by atoms with E-state index in [1.165, 1.54) is 4.88 Å². The van der Waals surface area contributed by atoms with E-state index in [0.717, 1.165) is 30.4 Å². The molecule has 0 saturated heterocycles. The normalized spacial score (nSPS) is 15.7. The highest BCUT2D eigenvalue weighted by Gasteiger charge is 2.33. The Hall–Kier alpha value is -2.83. The summed E-state index contributed by atoms with van der Waals surface area (Å²) in [4.78, 5) is 19.6. The minimum Gasteiger partial charge on any atom is -0.497 e. The Labute approximate surface area is 216 Å². The molecule has 4 rings (SSSR count). The van der Waals surface area contributed by atoms with E-state index in [1.807, 2.05) is 18.2 Å². The zero-order valence-electron chi connectivity index (χ0n) is 20.8. The Bertz CT molecular complexity index is 1240. The molecular formula is C28H31ClN2O3S. The molecule has 0 spiro atoms. The second-order valence-corrected chi connectivity index (χ2v) is 11.3. The van der Waals surface area contributed by atoms with Crippen molar-refractivity contribution in [3.63, 3.8) is 0 Å². The van der Waals surface area contributed by atoms with Crippen molar-refractivity contribution in [1.29, 1.82) is 0 Å². The van der Waals surface area contributed by atoms with Gasteiger partial charge >= 0.3 is 0 Å². The van der Waals surface area contributed by atoms with Crippen LogP contribution in [0.5, 0.6) is 11.5 Å². The zero-order valence-corrected chi connectivity index (χ0v) is 22.3. The molecule has 1 heterocycles. The summed E-state index contributed by atoms with van der Waals surface area (Å²) in [5.74, 6) is 1.79. The Kier molecular flexibility index (Phi) is 7.53. The molecule has 1 aliphatic carbocycles. The molecule has 0 saturated carbocycles. The number of ether oxygens (including phenoxy) is 2. The van der Waals surface area contributed by atoms with Gasteiger partial charge in [-0.15, -0.1) is 11.3 Å². The molecule has 0 bridgehead atoms. The summed E-state index contributed by atoms with van der Waals surface area (Å²) in [5.41, 5.74) is 3.52. The maximum Gasteiger partial charge on any atom is 0.259 e. The van der Waals surface area contributed by atoms with E-state index >= 15 is 0 Å². The molecule has 184 valence electrons. The van der Waals surface area contributed by atoms with Crippen molar-refractivity contribution in [1.82, 2.24) is 0 Å². The first-order chi connectivity index (χ1) is 16.7. The van der Waals surface area contributed by atoms with Crippen LogP contribution in [0, 0.1) is 11.3 Å². The molecule has 5 nitrogen and oxygen atoms in total. The number of nitrogens with one attached hydrogen (secondary N) is 1. The van der Waals surface area contributed by atoms with Gasteiger partial charge in [-0.2, -0.15) is 0 Å². The van der Waals surface area contributed by atoms with E-state index in [2.05, 4.69) is 26.1 Å². The quantitative estimate of drug-likeness (QED) is 0.348. The highest BCUT2D eigenvalue weighted by Crippen LogP contribution is 2.45. The van der Waals surface area contributed by atoms with Gasteiger partial charge in [-0.25, -0.2) is 4.99 Å². The second-order valence-electron chi connectivity index (χ2n) is 9.82. The minimum atomic E-state index is -0.145. The van der Waals surface area contributed by atoms with Gasteiger partial charge in [-0.05, 0) is 72.6 Å². The molecule has 0 fully saturated rings. The van der Waals surface area contributed by atoms with Gasteiger partial charge in [0.2, 0.25) is 0 Å². The Morgan fingerprint density at radius 2 is 1.89 bits per heavy atom. The van der Waals surface area contributed by atoms with Crippen LogP contribution in [0.25, 0.3) is 0 Å². The number of benzene rings is 2. The summed E-state index contributed by atoms with van der Waals surface area (Å²) in [7, 11) is 3.24. The molecule has 1 atom stereocenters. The van der Waals surface area contributed by atoms with Gasteiger partial charge in [-0.1, -0.05) is 32.4 Å². The molecule has 1 amide bonds. The third kappa shape index (κ3) is 5.71. The molecule has 1 aromatic heterocycles. The minimum absolute atomic E-state index is 0.145. The number of hydrogen-bond acceptors (Lipinski definition) is 5. The van der Waals surface area contributed by atoms with Crippen molar-refractivity contribution in [2.75, 3.05) is 19.5 Å². The predicted molar refractivity (Wildman–Crippen MR) is 145 cm³/mol. The molecule has 2 aromatic carbocycles. The van der Waals surface area contributed by atoms with Gasteiger partial charge in [0, 0.05) is 33.4 Å². The van der Waals surface area contributed by atoms with E-state index < -0.39 is 0 Å². The summed E-state index contributed by atoms with van der Waals surface area (Å²) in [6, 6.07) is 12.7. The topological polar surface area (TPSA) is 59.9 Å². The smallest absolute Gasteiger partial charge is 0.259 e. The van der Waals surface area contributed by atoms with Crippen molar-refractivity contribution < 1.29 is 14.3 Å². The van der Waals surface area contributed by atoms with E-state index in [4.69, 9.17) is 26.1 Å². The third-order valence-corrected chi connectivity index (χ3v) is 7.98. The van der Waals surface area contributed by atoms with Crippen LogP contribution in [0.1, 0.15) is 53.6 Å². The SMILES string of the molecule is COc1ccc(C=Nc2sc3c(c2C(=O)Nc2ccc(Cl)cc2)CC[C@H](C(C)(C)C)C3)c(OC)c1. The largest absolute Gasteiger partial charge is 0.497 e. The number of nitrogens with zero attached hydrogens (tertiary/aromatic N) is 1. The van der Waals surface area contributed by atoms with E-state index in [9.17, 15) is 4.79 Å². The summed E-state index contributed by atoms with van der Waals surface area (Å²) < 4.78 is 10.8. The zero-order chi connectivity index (χ0) is 25.2. The van der Waals surface area contributed by atoms with Crippen molar-refractivity contribution >= 4 is 45.7 Å². The molecule has 1 N–H and O–H groups in total. The monoisotopic (exact) mass is 510 g/mol. The number of thiophene rings is 1. The van der Waals surface area contributed by atoms with Crippen LogP contribution >= 0.6 is 22.9 Å². The molecule has 0 aliphatic heterocycles. The Morgan fingerprint density at radius 1 is 1.14 bits per heavy atom. The van der Waals surface area contributed by atoms with Crippen molar-refractivity contribution in [3.8, 4) is 11.5 Å². The molecule has 35 heavy (non-hydrogen) atoms. The van der Waals surface area contributed by atoms with Gasteiger partial charge in [0.05, 0.1) is 19.8 Å². The summed E-state index contributed by atoms with van der Waals surface area (Å²) in [5, 5.41) is 4.38. The number of aliphatic imine (C=N–C) groups is 1. The highest BCUT2D eigenvalue weighted by atomic mass is 35.5. The number of hydrogen-bond donors (Lipinski definition) is 1. The van der Waals surface area contributed by atoms with Gasteiger partial charge in [0.25, 0.3) is 5.91 Å². The van der Waals surface area contributed by atoms with Crippen LogP contribution in [0.4, 0.5) is 10.7 Å². The first kappa shape index (κ1) is 25.3. The fourth-order valence-corrected chi connectivity index (χ4v) is 5.81. The number of carbonyl (C=O) groups is 1. The van der Waals surface area contributed by atoms with Crippen molar-refractivity contribution in [3.05, 3.63) is 69.1 Å². The van der Waals surface area contributed by atoms with E-state index in [-0.39, 0.29) is 11.3 Å². The van der Waals surface area contributed by atoms with Crippen molar-refractivity contribution in [2.24, 2.45) is 16.3 Å². The Balaban J connectivity index is 1.71. The van der Waals surface area contributed by atoms with Gasteiger partial charge in [0.15, 0.2) is 0 Å². The van der Waals surface area contributed by atoms with Crippen LogP contribution in [0.2, 0.25) is 5.02 Å². The average Bonchev–Trinajstić information content (AvgIpc) is 3.21. The molecule has 7 heteroatoms. The number of amides is 1. The molecule has 1 aliphatic rings. The molecule has 3 aromatic rings. The first-order valence-electron chi connectivity index (χ1n) is 11.7. The lowest BCUT2D eigenvalue weighted by molar-refractivity contribution is 0.102. The number of anilines is 1. The van der Waals surface area contributed by atoms with E-state index in [0.29, 0.717) is 38.7 Å². The van der Waals surface area contributed by atoms with E-state index in [1.54, 1.807) is 56.0 Å². The average molecular weight is 511 g/mol. The number of methoxy groups -OCH3 is 2. The standard InChI is InChI=1S/C28H31ClN2O3S/c1-28(2,3)18-7-13-22-24(14-18)35-27(25(22)26(32)31-20-10-8-19(29)9-11-20)30-16-17-6-12-21(33-4)15-23(17)34-5/h6,8-12,15-16,18H,7,13-14H2,1-5H3,(H,31,32)/t18-/m0/s1. The van der Waals surface area contributed by atoms with Gasteiger partial charge in [-0.3, -0.25) is 4.79 Å². The number of rotatable bonds is 6. The third-order valence-electron chi connectivity index (χ3n) is 6.56. The number of fused-ring (bicyclic) bond motifs is 1. The second kappa shape index (κ2) is 10.4. The number of carbonyl (C=O) groups excluding carboxylic acids is 1. The number of halogens is 1. The Morgan fingerprint density at radius 3 is 2.54 bits per heavy atom. The maximum atomic E-state index is 13.5. The fraction of sp³-hybridized carbons (Fsp3) is 0.357. The van der Waals surface area contributed by atoms with Gasteiger partial charge < -0.3 is 14.8 Å². The van der Waals surface area contributed by atoms with Crippen LogP contribution in [0.15, 0.2) is 47.5 Å². The van der Waals surface area contributed by atoms with Crippen LogP contribution in [-0.2, 0) is 12.8 Å². The highest BCUT2D eigenvalue weighted by molar-refractivity contribution is 7.16. The lowest BCUT2D eigenvalue weighted by Crippen LogP contribution is -2.27. The van der Waals surface area contributed by atoms with Gasteiger partial charge in [0.1, 0.15) is 16.5 Å². The summed E-state index contributed by atoms with van der Waals surface area (Å²) >= 11 is 7.63. The first-order valence-corrected chi connectivity index (χ1v) is 12.9. The van der Waals surface area contributed by atoms with Crippen LogP contribution in [-0.4, -0.2) is 26.3 Å². The lowest BCUT2D eigenvalue weighted by atomic mass is 9.72. The summed E-state index contributed by atoms with van der Waals surface area (Å²) in [6.45, 7) is 6.87. The molecule has 0 unspecified atom stereocenters. The maximum absolute atomic E-state index is 13.5. The fourth-order valence-electron chi connectivity index (χ4n) is 4.42. The van der Waals surface area contributed by atoms with Crippen LogP contribution in [0.3, 0.4) is 0 Å². The predicted octanol–water partition coefficient (Wildman–Crippen LogP) is 7.57. The molecular weight excluding hydrogens is 480 g/mol.